The van der Waals surface area contributed by atoms with Gasteiger partial charge in [-0.25, -0.2) is 10.5 Å². The van der Waals surface area contributed by atoms with Crippen LogP contribution in [-0.2, 0) is 37.5 Å². The topological polar surface area (TPSA) is 20.3 Å². The van der Waals surface area contributed by atoms with Gasteiger partial charge in [-0.1, -0.05) is 51.0 Å². The van der Waals surface area contributed by atoms with Crippen LogP contribution in [0.3, 0.4) is 0 Å². The molecule has 1 heterocycles. The predicted octanol–water partition coefficient (Wildman–Crippen LogP) is 3.40. The van der Waals surface area contributed by atoms with Crippen LogP contribution in [0.15, 0.2) is 22.7 Å². The van der Waals surface area contributed by atoms with Crippen LogP contribution in [0.25, 0.3) is 5.70 Å². The molecular formula is C12H9BrFINOY-. The van der Waals surface area contributed by atoms with Crippen molar-refractivity contribution >= 4 is 50.1 Å². The molecule has 0 aromatic heterocycles. The van der Waals surface area contributed by atoms with E-state index in [1.54, 1.807) is 19.2 Å². The molecule has 1 aromatic carbocycles. The number of hydrogen-bond donors (Lipinski definition) is 0. The van der Waals surface area contributed by atoms with Crippen molar-refractivity contribution in [2.75, 3.05) is 7.05 Å². The van der Waals surface area contributed by atoms with Gasteiger partial charge in [-0.3, -0.25) is 4.79 Å². The molecule has 18 heavy (non-hydrogen) atoms. The number of alkyl halides is 1. The molecule has 1 aliphatic rings. The minimum atomic E-state index is -0.353. The van der Waals surface area contributed by atoms with Gasteiger partial charge in [0, 0.05) is 44.2 Å². The third-order valence-electron chi connectivity index (χ3n) is 2.57. The van der Waals surface area contributed by atoms with Crippen molar-refractivity contribution in [1.82, 2.24) is 4.90 Å². The molecule has 0 bridgehead atoms. The van der Waals surface area contributed by atoms with Crippen molar-refractivity contribution in [2.45, 2.75) is 10.3 Å². The first-order valence-electron chi connectivity index (χ1n) is 4.98. The Morgan fingerprint density at radius 1 is 1.56 bits per heavy atom. The fourth-order valence-corrected chi connectivity index (χ4v) is 2.64. The second kappa shape index (κ2) is 6.91. The predicted molar refractivity (Wildman–Crippen MR) is 75.9 cm³/mol. The number of benzene rings is 1. The maximum Gasteiger partial charge on any atom is 0.235 e. The average Bonchev–Trinajstić information content (AvgIpc) is 2.28. The Morgan fingerprint density at radius 3 is 2.83 bits per heavy atom. The Labute approximate surface area is 153 Å². The molecule has 0 saturated heterocycles. The van der Waals surface area contributed by atoms with E-state index >= 15 is 0 Å². The smallest absolute Gasteiger partial charge is 0.235 e. The second-order valence-corrected chi connectivity index (χ2v) is 6.14. The van der Waals surface area contributed by atoms with Gasteiger partial charge >= 0.3 is 0 Å². The fraction of sp³-hybridized carbons (Fsp3) is 0.250. The van der Waals surface area contributed by atoms with Gasteiger partial charge in [-0.05, 0) is 6.07 Å². The zero-order valence-corrected chi connectivity index (χ0v) is 16.2. The normalized spacial score (nSPS) is 19.3. The van der Waals surface area contributed by atoms with Gasteiger partial charge in [0.2, 0.25) is 5.91 Å². The first-order valence-corrected chi connectivity index (χ1v) is 7.02. The van der Waals surface area contributed by atoms with E-state index in [0.29, 0.717) is 22.2 Å². The van der Waals surface area contributed by atoms with Gasteiger partial charge in [-0.2, -0.15) is 0 Å². The average molecular weight is 498 g/mol. The van der Waals surface area contributed by atoms with Crippen LogP contribution in [-0.4, -0.2) is 21.8 Å². The van der Waals surface area contributed by atoms with E-state index < -0.39 is 0 Å². The Morgan fingerprint density at radius 2 is 2.22 bits per heavy atom. The summed E-state index contributed by atoms with van der Waals surface area (Å²) < 4.78 is 14.4. The molecule has 0 aliphatic carbocycles. The molecule has 1 aliphatic heterocycles. The van der Waals surface area contributed by atoms with Crippen LogP contribution in [0.4, 0.5) is 4.39 Å². The van der Waals surface area contributed by atoms with E-state index in [1.165, 1.54) is 11.0 Å². The van der Waals surface area contributed by atoms with Crippen LogP contribution in [0.2, 0.25) is 0 Å². The summed E-state index contributed by atoms with van der Waals surface area (Å²) in [6.45, 7) is 0. The van der Waals surface area contributed by atoms with Gasteiger partial charge in [0.25, 0.3) is 0 Å². The second-order valence-electron chi connectivity index (χ2n) is 3.72. The SMILES string of the molecule is CN1C(=O)C(I)C[C-]=C1c1ccc(Br)cc1F.[Y]. The number of allylic oxidation sites excluding steroid dienone is 1. The molecule has 0 saturated carbocycles. The minimum Gasteiger partial charge on any atom is -0.349 e. The van der Waals surface area contributed by atoms with Crippen molar-refractivity contribution in [3.8, 4) is 0 Å². The molecule has 1 atom stereocenters. The summed E-state index contributed by atoms with van der Waals surface area (Å²) in [7, 11) is 1.65. The summed E-state index contributed by atoms with van der Waals surface area (Å²) in [5.41, 5.74) is 0.931. The number of amides is 1. The van der Waals surface area contributed by atoms with E-state index in [-0.39, 0.29) is 48.4 Å². The van der Waals surface area contributed by atoms with Gasteiger partial charge in [0.15, 0.2) is 0 Å². The first kappa shape index (κ1) is 16.7. The van der Waals surface area contributed by atoms with Crippen LogP contribution in [0, 0.1) is 11.9 Å². The van der Waals surface area contributed by atoms with Crippen LogP contribution in [0.5, 0.6) is 0 Å². The Bertz CT molecular complexity index is 509. The van der Waals surface area contributed by atoms with Crippen LogP contribution < -0.4 is 0 Å². The summed E-state index contributed by atoms with van der Waals surface area (Å²) >= 11 is 5.28. The quantitative estimate of drug-likeness (QED) is 0.331. The van der Waals surface area contributed by atoms with Crippen molar-refractivity contribution in [3.63, 3.8) is 0 Å². The number of nitrogens with zero attached hydrogens (tertiary/aromatic N) is 1. The van der Waals surface area contributed by atoms with E-state index in [9.17, 15) is 9.18 Å². The standard InChI is InChI=1S/C12H9BrFINO.Y/c1-16-11(5-4-10(15)12(16)17)8-3-2-7(13)6-9(8)14;/h2-3,6,10H,4H2,1H3;/q-1;. The summed E-state index contributed by atoms with van der Waals surface area (Å²) in [5, 5.41) is 0. The summed E-state index contributed by atoms with van der Waals surface area (Å²) in [6.07, 6.45) is 3.61. The van der Waals surface area contributed by atoms with E-state index in [2.05, 4.69) is 44.6 Å². The Kier molecular flexibility index (Phi) is 6.42. The number of carbonyl (C=O) groups excluding carboxylic acids is 1. The third kappa shape index (κ3) is 3.41. The molecule has 0 N–H and O–H groups in total. The number of carbonyl (C=O) groups is 1. The van der Waals surface area contributed by atoms with E-state index in [0.717, 1.165) is 0 Å². The number of halogens is 3. The molecule has 1 unspecified atom stereocenters. The largest absolute Gasteiger partial charge is 0.349 e. The van der Waals surface area contributed by atoms with Gasteiger partial charge in [0.1, 0.15) is 0 Å². The summed E-state index contributed by atoms with van der Waals surface area (Å²) in [5.74, 6) is -0.366. The minimum absolute atomic E-state index is 0. The number of rotatable bonds is 1. The fourth-order valence-electron chi connectivity index (χ4n) is 1.67. The van der Waals surface area contributed by atoms with Crippen molar-refractivity contribution in [1.29, 1.82) is 0 Å². The maximum absolute atomic E-state index is 13.8. The molecule has 2 nitrogen and oxygen atoms in total. The van der Waals surface area contributed by atoms with Crippen LogP contribution in [0.1, 0.15) is 12.0 Å². The zero-order valence-electron chi connectivity index (χ0n) is 9.58. The molecule has 1 aromatic rings. The van der Waals surface area contributed by atoms with Crippen molar-refractivity contribution in [2.24, 2.45) is 0 Å². The zero-order chi connectivity index (χ0) is 12.6. The van der Waals surface area contributed by atoms with Crippen molar-refractivity contribution < 1.29 is 41.9 Å². The van der Waals surface area contributed by atoms with Crippen LogP contribution >= 0.6 is 38.5 Å². The molecule has 1 amide bonds. The van der Waals surface area contributed by atoms with E-state index in [4.69, 9.17) is 0 Å². The van der Waals surface area contributed by atoms with Crippen molar-refractivity contribution in [3.05, 3.63) is 40.1 Å². The monoisotopic (exact) mass is 497 g/mol. The third-order valence-corrected chi connectivity index (χ3v) is 4.04. The molecule has 0 fully saturated rings. The van der Waals surface area contributed by atoms with Gasteiger partial charge in [-0.15, -0.1) is 17.3 Å². The molecule has 0 spiro atoms. The molecule has 2 rings (SSSR count). The molecular weight excluding hydrogens is 489 g/mol. The maximum atomic E-state index is 13.8. The van der Waals surface area contributed by atoms with Gasteiger partial charge < -0.3 is 4.90 Å². The summed E-state index contributed by atoms with van der Waals surface area (Å²) in [4.78, 5) is 13.3. The Hall–Kier alpha value is 0.674. The van der Waals surface area contributed by atoms with E-state index in [1.807, 2.05) is 0 Å². The molecule has 1 radical (unpaired) electrons. The molecule has 6 heteroatoms. The summed E-state index contributed by atoms with van der Waals surface area (Å²) in [6, 6.07) is 4.79. The number of hydrogen-bond acceptors (Lipinski definition) is 1. The first-order chi connectivity index (χ1) is 8.00. The molecule has 93 valence electrons. The Balaban J connectivity index is 0.00000162. The van der Waals surface area contributed by atoms with Gasteiger partial charge in [0.05, 0.1) is 9.74 Å².